The number of carbonyl (C=O) groups excluding carboxylic acids is 1. The van der Waals surface area contributed by atoms with Crippen molar-refractivity contribution in [3.63, 3.8) is 0 Å². The monoisotopic (exact) mass is 360 g/mol. The zero-order valence-corrected chi connectivity index (χ0v) is 16.1. The Labute approximate surface area is 157 Å². The first-order valence-corrected chi connectivity index (χ1v) is 9.84. The summed E-state index contributed by atoms with van der Waals surface area (Å²) in [5, 5.41) is 2.92. The minimum absolute atomic E-state index is 0.0910. The Morgan fingerprint density at radius 1 is 1.12 bits per heavy atom. The van der Waals surface area contributed by atoms with Gasteiger partial charge in [-0.05, 0) is 19.5 Å². The fraction of sp³-hybridized carbons (Fsp3) is 0.650. The summed E-state index contributed by atoms with van der Waals surface area (Å²) in [4.78, 5) is 19.1. The first-order chi connectivity index (χ1) is 12.7. The van der Waals surface area contributed by atoms with E-state index in [0.717, 1.165) is 70.2 Å². The Kier molecular flexibility index (Phi) is 6.88. The lowest BCUT2D eigenvalue weighted by molar-refractivity contribution is -0.128. The van der Waals surface area contributed by atoms with Crippen molar-refractivity contribution in [3.05, 3.63) is 29.8 Å². The summed E-state index contributed by atoms with van der Waals surface area (Å²) in [6, 6.07) is 8.12. The average Bonchev–Trinajstić information content (AvgIpc) is 2.67. The molecule has 6 nitrogen and oxygen atoms in total. The quantitative estimate of drug-likeness (QED) is 0.787. The summed E-state index contributed by atoms with van der Waals surface area (Å²) < 4.78 is 6.11. The van der Waals surface area contributed by atoms with Crippen LogP contribution in [0.25, 0.3) is 0 Å². The normalized spacial score (nSPS) is 23.0. The van der Waals surface area contributed by atoms with Gasteiger partial charge < -0.3 is 15.0 Å². The van der Waals surface area contributed by atoms with Crippen LogP contribution in [0, 0.1) is 0 Å². The molecule has 3 rings (SSSR count). The van der Waals surface area contributed by atoms with Crippen molar-refractivity contribution in [2.24, 2.45) is 0 Å². The van der Waals surface area contributed by atoms with Crippen molar-refractivity contribution >= 4 is 5.91 Å². The molecule has 144 valence electrons. The topological polar surface area (TPSA) is 48.1 Å². The highest BCUT2D eigenvalue weighted by Gasteiger charge is 2.26. The molecule has 1 aromatic carbocycles. The lowest BCUT2D eigenvalue weighted by Crippen LogP contribution is -2.53. The molecule has 0 radical (unpaired) electrons. The summed E-state index contributed by atoms with van der Waals surface area (Å²) in [6.07, 6.45) is 0. The lowest BCUT2D eigenvalue weighted by atomic mass is 10.1. The van der Waals surface area contributed by atoms with Gasteiger partial charge in [0.05, 0.1) is 6.04 Å². The molecule has 2 fully saturated rings. The van der Waals surface area contributed by atoms with E-state index < -0.39 is 0 Å². The number of benzene rings is 1. The maximum absolute atomic E-state index is 11.9. The van der Waals surface area contributed by atoms with Crippen LogP contribution in [-0.4, -0.2) is 85.6 Å². The average molecular weight is 361 g/mol. The summed E-state index contributed by atoms with van der Waals surface area (Å²) >= 11 is 0. The SMILES string of the molecule is CCN1CCN(CCOc2ccccc2CN2CCNC(=O)[C@@H]2C)CC1. The van der Waals surface area contributed by atoms with Gasteiger partial charge in [-0.15, -0.1) is 0 Å². The zero-order valence-electron chi connectivity index (χ0n) is 16.1. The molecule has 1 aromatic rings. The minimum Gasteiger partial charge on any atom is -0.492 e. The van der Waals surface area contributed by atoms with E-state index in [1.54, 1.807) is 0 Å². The van der Waals surface area contributed by atoms with Gasteiger partial charge in [0, 0.05) is 57.9 Å². The molecule has 2 saturated heterocycles. The third kappa shape index (κ3) is 4.96. The fourth-order valence-corrected chi connectivity index (χ4v) is 3.65. The second kappa shape index (κ2) is 9.35. The second-order valence-corrected chi connectivity index (χ2v) is 7.17. The van der Waals surface area contributed by atoms with Crippen LogP contribution >= 0.6 is 0 Å². The van der Waals surface area contributed by atoms with Crippen LogP contribution < -0.4 is 10.1 Å². The Hall–Kier alpha value is -1.63. The number of rotatable bonds is 7. The Bertz CT molecular complexity index is 587. The molecule has 1 atom stereocenters. The highest BCUT2D eigenvalue weighted by molar-refractivity contribution is 5.82. The van der Waals surface area contributed by atoms with E-state index >= 15 is 0 Å². The van der Waals surface area contributed by atoms with Crippen molar-refractivity contribution in [1.82, 2.24) is 20.0 Å². The van der Waals surface area contributed by atoms with Crippen molar-refractivity contribution in [3.8, 4) is 5.75 Å². The first kappa shape index (κ1) is 19.1. The molecule has 2 aliphatic heterocycles. The molecule has 1 amide bonds. The number of hydrogen-bond acceptors (Lipinski definition) is 5. The lowest BCUT2D eigenvalue weighted by Gasteiger charge is -2.34. The Balaban J connectivity index is 1.50. The van der Waals surface area contributed by atoms with Gasteiger partial charge in [-0.2, -0.15) is 0 Å². The minimum atomic E-state index is -0.0910. The number of hydrogen-bond donors (Lipinski definition) is 1. The molecule has 2 heterocycles. The molecule has 0 aliphatic carbocycles. The standard InChI is InChI=1S/C20H32N4O2/c1-3-22-10-12-23(13-11-22)14-15-26-19-7-5-4-6-18(19)16-24-9-8-21-20(25)17(24)2/h4-7,17H,3,8-16H2,1-2H3,(H,21,25)/t17-/m0/s1. The highest BCUT2D eigenvalue weighted by Crippen LogP contribution is 2.21. The van der Waals surface area contributed by atoms with Gasteiger partial charge in [0.25, 0.3) is 0 Å². The van der Waals surface area contributed by atoms with Crippen LogP contribution in [-0.2, 0) is 11.3 Å². The Morgan fingerprint density at radius 3 is 2.62 bits per heavy atom. The van der Waals surface area contributed by atoms with Crippen LogP contribution in [0.2, 0.25) is 0 Å². The van der Waals surface area contributed by atoms with Gasteiger partial charge in [0.1, 0.15) is 12.4 Å². The third-order valence-electron chi connectivity index (χ3n) is 5.55. The van der Waals surface area contributed by atoms with E-state index in [9.17, 15) is 4.79 Å². The fourth-order valence-electron chi connectivity index (χ4n) is 3.65. The van der Waals surface area contributed by atoms with Gasteiger partial charge >= 0.3 is 0 Å². The molecule has 0 aromatic heterocycles. The smallest absolute Gasteiger partial charge is 0.237 e. The summed E-state index contributed by atoms with van der Waals surface area (Å²) in [7, 11) is 0. The van der Waals surface area contributed by atoms with Crippen LogP contribution in [0.3, 0.4) is 0 Å². The molecule has 0 saturated carbocycles. The van der Waals surface area contributed by atoms with E-state index in [4.69, 9.17) is 4.74 Å². The van der Waals surface area contributed by atoms with E-state index in [0.29, 0.717) is 6.61 Å². The number of amides is 1. The van der Waals surface area contributed by atoms with Gasteiger partial charge in [-0.3, -0.25) is 14.6 Å². The first-order valence-electron chi connectivity index (χ1n) is 9.84. The summed E-state index contributed by atoms with van der Waals surface area (Å²) in [6.45, 7) is 13.9. The molecule has 2 aliphatic rings. The molecule has 26 heavy (non-hydrogen) atoms. The predicted octanol–water partition coefficient (Wildman–Crippen LogP) is 1.02. The molecule has 0 unspecified atom stereocenters. The second-order valence-electron chi connectivity index (χ2n) is 7.17. The molecule has 6 heteroatoms. The van der Waals surface area contributed by atoms with Crippen molar-refractivity contribution in [1.29, 1.82) is 0 Å². The van der Waals surface area contributed by atoms with Crippen LogP contribution in [0.4, 0.5) is 0 Å². The van der Waals surface area contributed by atoms with E-state index in [-0.39, 0.29) is 11.9 Å². The van der Waals surface area contributed by atoms with Gasteiger partial charge in [-0.1, -0.05) is 25.1 Å². The zero-order chi connectivity index (χ0) is 18.4. The highest BCUT2D eigenvalue weighted by atomic mass is 16.5. The number of carbonyl (C=O) groups is 1. The van der Waals surface area contributed by atoms with Crippen molar-refractivity contribution in [2.75, 3.05) is 59.0 Å². The maximum Gasteiger partial charge on any atom is 0.237 e. The third-order valence-corrected chi connectivity index (χ3v) is 5.55. The summed E-state index contributed by atoms with van der Waals surface area (Å²) in [5.74, 6) is 1.05. The molecule has 1 N–H and O–H groups in total. The van der Waals surface area contributed by atoms with Crippen LogP contribution in [0.15, 0.2) is 24.3 Å². The predicted molar refractivity (Wildman–Crippen MR) is 103 cm³/mol. The van der Waals surface area contributed by atoms with Gasteiger partial charge in [-0.25, -0.2) is 0 Å². The van der Waals surface area contributed by atoms with Gasteiger partial charge in [0.2, 0.25) is 5.91 Å². The number of ether oxygens (including phenoxy) is 1. The number of para-hydroxylation sites is 1. The molecular formula is C20H32N4O2. The number of piperazine rings is 2. The molecule has 0 spiro atoms. The van der Waals surface area contributed by atoms with Gasteiger partial charge in [0.15, 0.2) is 0 Å². The summed E-state index contributed by atoms with van der Waals surface area (Å²) in [5.41, 5.74) is 1.16. The maximum atomic E-state index is 11.9. The molecule has 0 bridgehead atoms. The largest absolute Gasteiger partial charge is 0.492 e. The number of nitrogens with zero attached hydrogens (tertiary/aromatic N) is 3. The van der Waals surface area contributed by atoms with Crippen molar-refractivity contribution < 1.29 is 9.53 Å². The number of likely N-dealkylation sites (N-methyl/N-ethyl adjacent to an activating group) is 1. The van der Waals surface area contributed by atoms with E-state index in [1.807, 2.05) is 25.1 Å². The van der Waals surface area contributed by atoms with E-state index in [1.165, 1.54) is 0 Å². The number of nitrogens with one attached hydrogen (secondary N) is 1. The Morgan fingerprint density at radius 2 is 1.85 bits per heavy atom. The van der Waals surface area contributed by atoms with Crippen LogP contribution in [0.5, 0.6) is 5.75 Å². The molecular weight excluding hydrogens is 328 g/mol. The van der Waals surface area contributed by atoms with Crippen LogP contribution in [0.1, 0.15) is 19.4 Å². The van der Waals surface area contributed by atoms with Crippen molar-refractivity contribution in [2.45, 2.75) is 26.4 Å². The van der Waals surface area contributed by atoms with E-state index in [2.05, 4.69) is 33.0 Å².